The minimum Gasteiger partial charge on any atom is -0.381 e. The normalized spacial score (nSPS) is 26.4. The molecule has 1 aliphatic heterocycles. The van der Waals surface area contributed by atoms with Crippen LogP contribution in [0, 0.1) is 5.41 Å². The van der Waals surface area contributed by atoms with E-state index in [1.54, 1.807) is 0 Å². The standard InChI is InChI=1S/C20H39N3O3/c1-5-20(6-2)17(15-18(20)25-7-3)23-19(21-4)22-11-8-12-26-16-9-13-24-14-10-16/h16-18H,5-15H2,1-4H3,(H2,21,22,23). The third-order valence-corrected chi connectivity index (χ3v) is 6.14. The summed E-state index contributed by atoms with van der Waals surface area (Å²) in [6.45, 7) is 10.7. The lowest BCUT2D eigenvalue weighted by atomic mass is 9.58. The van der Waals surface area contributed by atoms with E-state index in [1.165, 1.54) is 0 Å². The maximum Gasteiger partial charge on any atom is 0.191 e. The fourth-order valence-electron chi connectivity index (χ4n) is 4.31. The molecule has 2 aliphatic rings. The first kappa shape index (κ1) is 21.5. The fourth-order valence-corrected chi connectivity index (χ4v) is 4.31. The van der Waals surface area contributed by atoms with Crippen molar-refractivity contribution in [3.63, 3.8) is 0 Å². The Morgan fingerprint density at radius 2 is 1.88 bits per heavy atom. The average Bonchev–Trinajstić information content (AvgIpc) is 2.67. The molecule has 0 aromatic carbocycles. The molecule has 2 fully saturated rings. The van der Waals surface area contributed by atoms with Crippen LogP contribution in [-0.4, -0.2) is 64.2 Å². The van der Waals surface area contributed by atoms with Crippen molar-refractivity contribution in [2.45, 2.75) is 77.5 Å². The maximum absolute atomic E-state index is 5.97. The van der Waals surface area contributed by atoms with Gasteiger partial charge < -0.3 is 24.8 Å². The van der Waals surface area contributed by atoms with Gasteiger partial charge in [0.15, 0.2) is 5.96 Å². The second kappa shape index (κ2) is 11.1. The Morgan fingerprint density at radius 1 is 1.15 bits per heavy atom. The molecule has 1 aliphatic carbocycles. The van der Waals surface area contributed by atoms with Crippen molar-refractivity contribution in [3.05, 3.63) is 0 Å². The van der Waals surface area contributed by atoms with Crippen molar-refractivity contribution in [1.29, 1.82) is 0 Å². The highest BCUT2D eigenvalue weighted by molar-refractivity contribution is 5.80. The number of hydrogen-bond donors (Lipinski definition) is 2. The summed E-state index contributed by atoms with van der Waals surface area (Å²) < 4.78 is 17.2. The number of guanidine groups is 1. The quantitative estimate of drug-likeness (QED) is 0.352. The van der Waals surface area contributed by atoms with Crippen molar-refractivity contribution >= 4 is 5.96 Å². The molecule has 0 amide bonds. The van der Waals surface area contributed by atoms with Crippen LogP contribution in [0.4, 0.5) is 0 Å². The first-order valence-electron chi connectivity index (χ1n) is 10.5. The number of nitrogens with zero attached hydrogens (tertiary/aromatic N) is 1. The summed E-state index contributed by atoms with van der Waals surface area (Å²) in [5.74, 6) is 0.891. The van der Waals surface area contributed by atoms with E-state index in [-0.39, 0.29) is 5.41 Å². The molecule has 2 rings (SSSR count). The molecule has 2 N–H and O–H groups in total. The Balaban J connectivity index is 1.68. The van der Waals surface area contributed by atoms with Gasteiger partial charge in [0.25, 0.3) is 0 Å². The molecule has 1 saturated heterocycles. The highest BCUT2D eigenvalue weighted by Gasteiger charge is 2.53. The molecule has 0 bridgehead atoms. The Labute approximate surface area is 159 Å². The molecule has 0 aromatic heterocycles. The zero-order chi connectivity index (χ0) is 18.8. The van der Waals surface area contributed by atoms with Crippen LogP contribution in [-0.2, 0) is 14.2 Å². The first-order chi connectivity index (χ1) is 12.7. The van der Waals surface area contributed by atoms with E-state index in [4.69, 9.17) is 14.2 Å². The van der Waals surface area contributed by atoms with Crippen LogP contribution >= 0.6 is 0 Å². The van der Waals surface area contributed by atoms with Crippen LogP contribution in [0.15, 0.2) is 4.99 Å². The largest absolute Gasteiger partial charge is 0.381 e. The van der Waals surface area contributed by atoms with Gasteiger partial charge in [0, 0.05) is 51.5 Å². The molecule has 1 saturated carbocycles. The molecule has 6 heteroatoms. The monoisotopic (exact) mass is 369 g/mol. The van der Waals surface area contributed by atoms with E-state index in [9.17, 15) is 0 Å². The smallest absolute Gasteiger partial charge is 0.191 e. The lowest BCUT2D eigenvalue weighted by Crippen LogP contribution is -2.65. The fraction of sp³-hybridized carbons (Fsp3) is 0.950. The summed E-state index contributed by atoms with van der Waals surface area (Å²) in [7, 11) is 1.84. The van der Waals surface area contributed by atoms with Gasteiger partial charge in [-0.1, -0.05) is 13.8 Å². The second-order valence-corrected chi connectivity index (χ2v) is 7.35. The second-order valence-electron chi connectivity index (χ2n) is 7.35. The predicted octanol–water partition coefficient (Wildman–Crippen LogP) is 2.72. The number of aliphatic imine (C=N–C) groups is 1. The van der Waals surface area contributed by atoms with E-state index in [1.807, 2.05) is 7.05 Å². The Morgan fingerprint density at radius 3 is 2.50 bits per heavy atom. The van der Waals surface area contributed by atoms with E-state index in [0.717, 1.165) is 77.5 Å². The lowest BCUT2D eigenvalue weighted by Gasteiger charge is -2.55. The number of ether oxygens (including phenoxy) is 3. The van der Waals surface area contributed by atoms with Crippen molar-refractivity contribution < 1.29 is 14.2 Å². The summed E-state index contributed by atoms with van der Waals surface area (Å²) in [4.78, 5) is 4.40. The number of hydrogen-bond acceptors (Lipinski definition) is 4. The SMILES string of the molecule is CCOC1CC(NC(=NC)NCCCOC2CCOCC2)C1(CC)CC. The summed E-state index contributed by atoms with van der Waals surface area (Å²) in [6, 6.07) is 0.429. The minimum absolute atomic E-state index is 0.222. The molecule has 6 nitrogen and oxygen atoms in total. The minimum atomic E-state index is 0.222. The average molecular weight is 370 g/mol. The van der Waals surface area contributed by atoms with E-state index in [2.05, 4.69) is 36.4 Å². The molecule has 2 atom stereocenters. The Hall–Kier alpha value is -0.850. The van der Waals surface area contributed by atoms with E-state index in [0.29, 0.717) is 18.2 Å². The zero-order valence-corrected chi connectivity index (χ0v) is 17.2. The van der Waals surface area contributed by atoms with Gasteiger partial charge in [0.2, 0.25) is 0 Å². The van der Waals surface area contributed by atoms with Gasteiger partial charge in [0.1, 0.15) is 0 Å². The summed E-state index contributed by atoms with van der Waals surface area (Å²) in [5.41, 5.74) is 0.222. The van der Waals surface area contributed by atoms with Crippen molar-refractivity contribution in [2.75, 3.05) is 40.0 Å². The lowest BCUT2D eigenvalue weighted by molar-refractivity contribution is -0.133. The van der Waals surface area contributed by atoms with Crippen LogP contribution in [0.1, 0.15) is 59.3 Å². The van der Waals surface area contributed by atoms with Crippen molar-refractivity contribution in [1.82, 2.24) is 10.6 Å². The third-order valence-electron chi connectivity index (χ3n) is 6.14. The molecular weight excluding hydrogens is 330 g/mol. The van der Waals surface area contributed by atoms with Gasteiger partial charge in [-0.3, -0.25) is 4.99 Å². The van der Waals surface area contributed by atoms with Crippen LogP contribution in [0.25, 0.3) is 0 Å². The summed E-state index contributed by atoms with van der Waals surface area (Å²) in [5, 5.41) is 7.06. The van der Waals surface area contributed by atoms with E-state index < -0.39 is 0 Å². The number of rotatable bonds is 10. The predicted molar refractivity (Wildman–Crippen MR) is 106 cm³/mol. The Kier molecular flexibility index (Phi) is 9.16. The van der Waals surface area contributed by atoms with Crippen LogP contribution in [0.3, 0.4) is 0 Å². The molecule has 1 heterocycles. The van der Waals surface area contributed by atoms with Crippen LogP contribution in [0.5, 0.6) is 0 Å². The maximum atomic E-state index is 5.97. The third kappa shape index (κ3) is 5.33. The molecule has 2 unspecified atom stereocenters. The molecular formula is C20H39N3O3. The molecule has 26 heavy (non-hydrogen) atoms. The van der Waals surface area contributed by atoms with Gasteiger partial charge in [-0.15, -0.1) is 0 Å². The van der Waals surface area contributed by atoms with Gasteiger partial charge >= 0.3 is 0 Å². The van der Waals surface area contributed by atoms with Gasteiger partial charge in [-0.2, -0.15) is 0 Å². The molecule has 0 spiro atoms. The topological polar surface area (TPSA) is 64.1 Å². The Bertz CT molecular complexity index is 421. The van der Waals surface area contributed by atoms with E-state index >= 15 is 0 Å². The van der Waals surface area contributed by atoms with Crippen molar-refractivity contribution in [3.8, 4) is 0 Å². The van der Waals surface area contributed by atoms with Gasteiger partial charge in [0.05, 0.1) is 12.2 Å². The highest BCUT2D eigenvalue weighted by Crippen LogP contribution is 2.48. The first-order valence-corrected chi connectivity index (χ1v) is 10.5. The van der Waals surface area contributed by atoms with Gasteiger partial charge in [-0.05, 0) is 45.4 Å². The molecule has 0 radical (unpaired) electrons. The summed E-state index contributed by atoms with van der Waals surface area (Å²) in [6.07, 6.45) is 7.08. The highest BCUT2D eigenvalue weighted by atomic mass is 16.5. The number of nitrogens with one attached hydrogen (secondary N) is 2. The molecule has 152 valence electrons. The van der Waals surface area contributed by atoms with Crippen molar-refractivity contribution in [2.24, 2.45) is 10.4 Å². The van der Waals surface area contributed by atoms with Gasteiger partial charge in [-0.25, -0.2) is 0 Å². The molecule has 0 aromatic rings. The summed E-state index contributed by atoms with van der Waals surface area (Å²) >= 11 is 0. The van der Waals surface area contributed by atoms with Crippen LogP contribution < -0.4 is 10.6 Å². The zero-order valence-electron chi connectivity index (χ0n) is 17.2. The van der Waals surface area contributed by atoms with Crippen LogP contribution in [0.2, 0.25) is 0 Å².